The first-order valence-electron chi connectivity index (χ1n) is 10.5. The quantitative estimate of drug-likeness (QED) is 0.728. The SMILES string of the molecule is Cc1ccc(C(=O)NCC(F)(F)F)cc1NC(=O)N1CCCN(C(=O)c2ccccc2)CC1. The average molecular weight is 462 g/mol. The highest BCUT2D eigenvalue weighted by molar-refractivity contribution is 5.97. The van der Waals surface area contributed by atoms with Crippen LogP contribution in [0.15, 0.2) is 48.5 Å². The fraction of sp³-hybridized carbons (Fsp3) is 0.348. The molecule has 1 fully saturated rings. The van der Waals surface area contributed by atoms with Crippen molar-refractivity contribution in [2.24, 2.45) is 0 Å². The van der Waals surface area contributed by atoms with E-state index in [0.29, 0.717) is 49.4 Å². The van der Waals surface area contributed by atoms with Gasteiger partial charge in [0.05, 0.1) is 0 Å². The molecule has 7 nitrogen and oxygen atoms in total. The maximum atomic E-state index is 12.8. The number of urea groups is 1. The van der Waals surface area contributed by atoms with Crippen LogP contribution in [0.4, 0.5) is 23.7 Å². The molecule has 0 radical (unpaired) electrons. The van der Waals surface area contributed by atoms with Crippen molar-refractivity contribution >= 4 is 23.5 Å². The third kappa shape index (κ3) is 6.71. The zero-order valence-corrected chi connectivity index (χ0v) is 18.1. The van der Waals surface area contributed by atoms with Gasteiger partial charge in [0.15, 0.2) is 0 Å². The summed E-state index contributed by atoms with van der Waals surface area (Å²) >= 11 is 0. The van der Waals surface area contributed by atoms with Crippen molar-refractivity contribution < 1.29 is 27.6 Å². The molecule has 0 aliphatic carbocycles. The van der Waals surface area contributed by atoms with Crippen LogP contribution in [0.3, 0.4) is 0 Å². The molecular formula is C23H25F3N4O3. The number of carbonyl (C=O) groups excluding carboxylic acids is 3. The van der Waals surface area contributed by atoms with Gasteiger partial charge < -0.3 is 20.4 Å². The molecule has 176 valence electrons. The van der Waals surface area contributed by atoms with Gasteiger partial charge in [-0.15, -0.1) is 0 Å². The number of hydrogen-bond donors (Lipinski definition) is 2. The summed E-state index contributed by atoms with van der Waals surface area (Å²) in [5, 5.41) is 4.55. The number of amides is 4. The van der Waals surface area contributed by atoms with Crippen molar-refractivity contribution in [3.8, 4) is 0 Å². The predicted octanol–water partition coefficient (Wildman–Crippen LogP) is 3.67. The summed E-state index contributed by atoms with van der Waals surface area (Å²) in [6.45, 7) is 1.94. The summed E-state index contributed by atoms with van der Waals surface area (Å²) < 4.78 is 37.1. The summed E-state index contributed by atoms with van der Waals surface area (Å²) in [4.78, 5) is 40.8. The third-order valence-corrected chi connectivity index (χ3v) is 5.28. The van der Waals surface area contributed by atoms with Gasteiger partial charge in [0.25, 0.3) is 11.8 Å². The van der Waals surface area contributed by atoms with Gasteiger partial charge in [0.2, 0.25) is 0 Å². The first kappa shape index (κ1) is 24.1. The lowest BCUT2D eigenvalue weighted by atomic mass is 10.1. The van der Waals surface area contributed by atoms with E-state index >= 15 is 0 Å². The van der Waals surface area contributed by atoms with E-state index in [-0.39, 0.29) is 11.5 Å². The number of halogens is 3. The van der Waals surface area contributed by atoms with E-state index < -0.39 is 24.7 Å². The molecule has 0 saturated carbocycles. The molecular weight excluding hydrogens is 437 g/mol. The molecule has 1 saturated heterocycles. The first-order valence-corrected chi connectivity index (χ1v) is 10.5. The van der Waals surface area contributed by atoms with Crippen LogP contribution in [0.2, 0.25) is 0 Å². The molecule has 10 heteroatoms. The van der Waals surface area contributed by atoms with Crippen LogP contribution in [0, 0.1) is 6.92 Å². The number of benzene rings is 2. The van der Waals surface area contributed by atoms with Crippen LogP contribution in [-0.2, 0) is 0 Å². The molecule has 1 heterocycles. The number of hydrogen-bond acceptors (Lipinski definition) is 3. The Kier molecular flexibility index (Phi) is 7.57. The Hall–Kier alpha value is -3.56. The molecule has 0 unspecified atom stereocenters. The minimum Gasteiger partial charge on any atom is -0.343 e. The van der Waals surface area contributed by atoms with Crippen LogP contribution in [0.1, 0.15) is 32.7 Å². The summed E-state index contributed by atoms with van der Waals surface area (Å²) in [5.74, 6) is -0.973. The Bertz CT molecular complexity index is 1010. The minimum absolute atomic E-state index is 0.00986. The van der Waals surface area contributed by atoms with E-state index in [2.05, 4.69) is 5.32 Å². The summed E-state index contributed by atoms with van der Waals surface area (Å²) in [6, 6.07) is 12.8. The number of anilines is 1. The fourth-order valence-corrected chi connectivity index (χ4v) is 3.46. The number of carbonyl (C=O) groups is 3. The van der Waals surface area contributed by atoms with E-state index in [1.165, 1.54) is 12.1 Å². The normalized spacial score (nSPS) is 14.4. The Labute approximate surface area is 189 Å². The van der Waals surface area contributed by atoms with Gasteiger partial charge in [-0.05, 0) is 43.2 Å². The summed E-state index contributed by atoms with van der Waals surface area (Å²) in [6.07, 6.45) is -3.91. The van der Waals surface area contributed by atoms with Crippen molar-refractivity contribution in [2.45, 2.75) is 19.5 Å². The van der Waals surface area contributed by atoms with E-state index in [1.54, 1.807) is 47.1 Å². The van der Waals surface area contributed by atoms with Crippen molar-refractivity contribution in [3.63, 3.8) is 0 Å². The number of rotatable bonds is 4. The highest BCUT2D eigenvalue weighted by Crippen LogP contribution is 2.19. The van der Waals surface area contributed by atoms with Crippen molar-refractivity contribution in [2.75, 3.05) is 38.0 Å². The Morgan fingerprint density at radius 3 is 2.27 bits per heavy atom. The summed E-state index contributed by atoms with van der Waals surface area (Å²) in [5.41, 5.74) is 1.59. The molecule has 1 aliphatic heterocycles. The van der Waals surface area contributed by atoms with E-state index in [1.807, 2.05) is 11.4 Å². The number of nitrogens with zero attached hydrogens (tertiary/aromatic N) is 2. The molecule has 2 aromatic carbocycles. The highest BCUT2D eigenvalue weighted by Gasteiger charge is 2.28. The largest absolute Gasteiger partial charge is 0.405 e. The Balaban J connectivity index is 1.61. The topological polar surface area (TPSA) is 81.8 Å². The molecule has 1 aliphatic rings. The number of alkyl halides is 3. The van der Waals surface area contributed by atoms with Gasteiger partial charge in [-0.3, -0.25) is 9.59 Å². The Morgan fingerprint density at radius 1 is 0.909 bits per heavy atom. The average Bonchev–Trinajstić information content (AvgIpc) is 3.05. The van der Waals surface area contributed by atoms with Gasteiger partial charge in [-0.25, -0.2) is 4.79 Å². The van der Waals surface area contributed by atoms with Crippen LogP contribution < -0.4 is 10.6 Å². The zero-order valence-electron chi connectivity index (χ0n) is 18.1. The van der Waals surface area contributed by atoms with Crippen molar-refractivity contribution in [3.05, 3.63) is 65.2 Å². The molecule has 0 spiro atoms. The Morgan fingerprint density at radius 2 is 1.58 bits per heavy atom. The van der Waals surface area contributed by atoms with Gasteiger partial charge in [0.1, 0.15) is 6.54 Å². The lowest BCUT2D eigenvalue weighted by Gasteiger charge is -2.23. The van der Waals surface area contributed by atoms with Gasteiger partial charge in [0, 0.05) is 43.0 Å². The van der Waals surface area contributed by atoms with Crippen molar-refractivity contribution in [1.29, 1.82) is 0 Å². The predicted molar refractivity (Wildman–Crippen MR) is 117 cm³/mol. The van der Waals surface area contributed by atoms with E-state index in [4.69, 9.17) is 0 Å². The van der Waals surface area contributed by atoms with E-state index in [0.717, 1.165) is 0 Å². The van der Waals surface area contributed by atoms with Gasteiger partial charge >= 0.3 is 12.2 Å². The monoisotopic (exact) mass is 462 g/mol. The molecule has 3 rings (SSSR count). The second-order valence-electron chi connectivity index (χ2n) is 7.76. The lowest BCUT2D eigenvalue weighted by molar-refractivity contribution is -0.123. The van der Waals surface area contributed by atoms with E-state index in [9.17, 15) is 27.6 Å². The molecule has 0 atom stereocenters. The second-order valence-corrected chi connectivity index (χ2v) is 7.76. The maximum Gasteiger partial charge on any atom is 0.405 e. The summed E-state index contributed by atoms with van der Waals surface area (Å²) in [7, 11) is 0. The van der Waals surface area contributed by atoms with Crippen LogP contribution in [0.5, 0.6) is 0 Å². The first-order chi connectivity index (χ1) is 15.6. The number of nitrogens with one attached hydrogen (secondary N) is 2. The third-order valence-electron chi connectivity index (χ3n) is 5.28. The molecule has 0 aromatic heterocycles. The molecule has 4 amide bonds. The standard InChI is InChI=1S/C23H25F3N4O3/c1-16-8-9-18(20(31)27-15-23(24,25)26)14-19(16)28-22(33)30-11-5-10-29(12-13-30)21(32)17-6-3-2-4-7-17/h2-4,6-9,14H,5,10-13,15H2,1H3,(H,27,31)(H,28,33). The van der Waals surface area contributed by atoms with Gasteiger partial charge in [-0.2, -0.15) is 13.2 Å². The van der Waals surface area contributed by atoms with Crippen molar-refractivity contribution in [1.82, 2.24) is 15.1 Å². The van der Waals surface area contributed by atoms with Gasteiger partial charge in [-0.1, -0.05) is 24.3 Å². The van der Waals surface area contributed by atoms with Crippen LogP contribution >= 0.6 is 0 Å². The van der Waals surface area contributed by atoms with Crippen LogP contribution in [0.25, 0.3) is 0 Å². The second kappa shape index (κ2) is 10.4. The highest BCUT2D eigenvalue weighted by atomic mass is 19.4. The smallest absolute Gasteiger partial charge is 0.343 e. The lowest BCUT2D eigenvalue weighted by Crippen LogP contribution is -2.39. The molecule has 2 N–H and O–H groups in total. The molecule has 0 bridgehead atoms. The number of aryl methyl sites for hydroxylation is 1. The maximum absolute atomic E-state index is 12.8. The fourth-order valence-electron chi connectivity index (χ4n) is 3.46. The zero-order chi connectivity index (χ0) is 24.0. The molecule has 2 aromatic rings. The minimum atomic E-state index is -4.51. The molecule has 33 heavy (non-hydrogen) atoms. The van der Waals surface area contributed by atoms with Crippen LogP contribution in [-0.4, -0.2) is 66.5 Å².